The minimum Gasteiger partial charge on any atom is -0.427 e. The molecule has 0 bridgehead atoms. The fraction of sp³-hybridized carbons (Fsp3) is 0.562. The summed E-state index contributed by atoms with van der Waals surface area (Å²) in [6, 6.07) is 9.97. The number of aliphatic hydroxyl groups is 1. The van der Waals surface area contributed by atoms with Gasteiger partial charge in [-0.25, -0.2) is 4.79 Å². The molecular weight excluding hydrogens is 282 g/mol. The van der Waals surface area contributed by atoms with Crippen LogP contribution >= 0.6 is 0 Å². The van der Waals surface area contributed by atoms with Gasteiger partial charge >= 0.3 is 6.09 Å². The van der Waals surface area contributed by atoms with E-state index < -0.39 is 6.23 Å². The van der Waals surface area contributed by atoms with Crippen molar-refractivity contribution in [3.63, 3.8) is 0 Å². The van der Waals surface area contributed by atoms with E-state index in [0.717, 1.165) is 25.1 Å². The zero-order valence-corrected chi connectivity index (χ0v) is 12.6. The third kappa shape index (κ3) is 3.34. The van der Waals surface area contributed by atoms with Crippen LogP contribution in [0.25, 0.3) is 0 Å². The van der Waals surface area contributed by atoms with E-state index >= 15 is 0 Å². The van der Waals surface area contributed by atoms with Crippen molar-refractivity contribution in [2.45, 2.75) is 25.1 Å². The van der Waals surface area contributed by atoms with Gasteiger partial charge in [-0.2, -0.15) is 5.32 Å². The highest BCUT2D eigenvalue weighted by Crippen LogP contribution is 2.20. The number of nitrogens with zero attached hydrogens (tertiary/aromatic N) is 3. The number of rotatable bonds is 3. The molecule has 1 amide bonds. The third-order valence-electron chi connectivity index (χ3n) is 4.26. The molecule has 0 aliphatic carbocycles. The van der Waals surface area contributed by atoms with Crippen LogP contribution in [0.4, 0.5) is 10.5 Å². The topological polar surface area (TPSA) is 67.1 Å². The molecule has 6 nitrogen and oxygen atoms in total. The smallest absolute Gasteiger partial charge is 0.411 e. The first kappa shape index (κ1) is 15.1. The van der Waals surface area contributed by atoms with Crippen LogP contribution < -0.4 is 10.2 Å². The van der Waals surface area contributed by atoms with Crippen LogP contribution in [0.15, 0.2) is 30.3 Å². The van der Waals surface area contributed by atoms with Gasteiger partial charge in [0.25, 0.3) is 0 Å². The highest BCUT2D eigenvalue weighted by atomic mass is 16.6. The van der Waals surface area contributed by atoms with Crippen molar-refractivity contribution in [1.82, 2.24) is 10.2 Å². The molecule has 2 atom stereocenters. The van der Waals surface area contributed by atoms with Crippen LogP contribution in [0.2, 0.25) is 0 Å². The second kappa shape index (κ2) is 6.98. The van der Waals surface area contributed by atoms with Crippen molar-refractivity contribution in [3.05, 3.63) is 30.3 Å². The maximum Gasteiger partial charge on any atom is 0.411 e. The second-order valence-electron chi connectivity index (χ2n) is 5.70. The van der Waals surface area contributed by atoms with Gasteiger partial charge in [-0.1, -0.05) is 18.2 Å². The predicted molar refractivity (Wildman–Crippen MR) is 82.7 cm³/mol. The van der Waals surface area contributed by atoms with E-state index in [9.17, 15) is 9.90 Å². The highest BCUT2D eigenvalue weighted by Gasteiger charge is 2.32. The van der Waals surface area contributed by atoms with Crippen molar-refractivity contribution >= 4 is 11.8 Å². The summed E-state index contributed by atoms with van der Waals surface area (Å²) in [5, 5.41) is 13.7. The molecule has 2 aliphatic rings. The molecule has 2 aliphatic heterocycles. The predicted octanol–water partition coefficient (Wildman–Crippen LogP) is 1.03. The Balaban J connectivity index is 1.57. The zero-order valence-electron chi connectivity index (χ0n) is 12.6. The molecule has 1 unspecified atom stereocenters. The standard InChI is InChI=1S/C16H22N3O3/c20-12-14-7-4-9-19(14)16(21)22-15-11-18(10-8-17-15)13-5-2-1-3-6-13/h1-3,5-6,14-15,20H,4,7-12H2/t14-,15?/m0/s1. The maximum atomic E-state index is 12.2. The van der Waals surface area contributed by atoms with Crippen LogP contribution in [0.3, 0.4) is 0 Å². The van der Waals surface area contributed by atoms with Gasteiger partial charge < -0.3 is 19.6 Å². The number of amides is 1. The lowest BCUT2D eigenvalue weighted by Crippen LogP contribution is -2.51. The van der Waals surface area contributed by atoms with Crippen LogP contribution in [0.5, 0.6) is 0 Å². The molecule has 0 saturated carbocycles. The average Bonchev–Trinajstić information content (AvgIpc) is 3.05. The number of anilines is 1. The van der Waals surface area contributed by atoms with Gasteiger partial charge in [0, 0.05) is 25.3 Å². The summed E-state index contributed by atoms with van der Waals surface area (Å²) in [6.07, 6.45) is 0.948. The number of carbonyl (C=O) groups is 1. The summed E-state index contributed by atoms with van der Waals surface area (Å²) in [7, 11) is 0. The normalized spacial score (nSPS) is 25.3. The van der Waals surface area contributed by atoms with E-state index in [0.29, 0.717) is 19.6 Å². The number of hydrogen-bond donors (Lipinski definition) is 1. The Morgan fingerprint density at radius 3 is 2.91 bits per heavy atom. The van der Waals surface area contributed by atoms with Crippen molar-refractivity contribution in [2.24, 2.45) is 0 Å². The van der Waals surface area contributed by atoms with Crippen molar-refractivity contribution in [2.75, 3.05) is 37.7 Å². The molecule has 2 fully saturated rings. The number of likely N-dealkylation sites (tertiary alicyclic amines) is 1. The minimum absolute atomic E-state index is 0.00689. The molecule has 0 spiro atoms. The fourth-order valence-electron chi connectivity index (χ4n) is 3.06. The lowest BCUT2D eigenvalue weighted by Gasteiger charge is -2.34. The third-order valence-corrected chi connectivity index (χ3v) is 4.26. The molecule has 3 rings (SSSR count). The van der Waals surface area contributed by atoms with Gasteiger partial charge in [0.15, 0.2) is 6.23 Å². The van der Waals surface area contributed by atoms with Gasteiger partial charge in [-0.05, 0) is 25.0 Å². The SMILES string of the molecule is O=C(OC1CN(c2ccccc2)CC[N]1)N1CCC[C@H]1CO. The number of para-hydroxylation sites is 1. The van der Waals surface area contributed by atoms with Gasteiger partial charge in [0.05, 0.1) is 19.2 Å². The summed E-state index contributed by atoms with van der Waals surface area (Å²) in [5.41, 5.74) is 1.12. The van der Waals surface area contributed by atoms with E-state index in [1.807, 2.05) is 30.3 Å². The van der Waals surface area contributed by atoms with Crippen molar-refractivity contribution in [3.8, 4) is 0 Å². The Morgan fingerprint density at radius 1 is 1.32 bits per heavy atom. The molecule has 22 heavy (non-hydrogen) atoms. The highest BCUT2D eigenvalue weighted by molar-refractivity contribution is 5.68. The summed E-state index contributed by atoms with van der Waals surface area (Å²) in [6.45, 7) is 2.71. The van der Waals surface area contributed by atoms with E-state index in [2.05, 4.69) is 10.2 Å². The molecule has 6 heteroatoms. The zero-order chi connectivity index (χ0) is 15.4. The lowest BCUT2D eigenvalue weighted by atomic mass is 10.2. The average molecular weight is 304 g/mol. The van der Waals surface area contributed by atoms with Crippen LogP contribution in [0.1, 0.15) is 12.8 Å². The lowest BCUT2D eigenvalue weighted by molar-refractivity contribution is 0.0347. The molecule has 1 aromatic carbocycles. The number of benzene rings is 1. The van der Waals surface area contributed by atoms with Gasteiger partial charge in [-0.15, -0.1) is 0 Å². The number of hydrogen-bond acceptors (Lipinski definition) is 4. The molecule has 119 valence electrons. The molecular formula is C16H22N3O3. The molecule has 1 aromatic rings. The Morgan fingerprint density at radius 2 is 2.14 bits per heavy atom. The van der Waals surface area contributed by atoms with Crippen LogP contribution in [-0.4, -0.2) is 61.2 Å². The van der Waals surface area contributed by atoms with Gasteiger partial charge in [0.2, 0.25) is 0 Å². The summed E-state index contributed by atoms with van der Waals surface area (Å²) < 4.78 is 5.53. The first-order chi connectivity index (χ1) is 10.8. The number of carbonyl (C=O) groups excluding carboxylic acids is 1. The summed E-state index contributed by atoms with van der Waals surface area (Å²) in [5.74, 6) is 0. The summed E-state index contributed by atoms with van der Waals surface area (Å²) >= 11 is 0. The first-order valence-corrected chi connectivity index (χ1v) is 7.82. The van der Waals surface area contributed by atoms with Crippen LogP contribution in [-0.2, 0) is 4.74 Å². The monoisotopic (exact) mass is 304 g/mol. The van der Waals surface area contributed by atoms with E-state index in [4.69, 9.17) is 4.74 Å². The van der Waals surface area contributed by atoms with Gasteiger partial charge in [-0.3, -0.25) is 0 Å². The van der Waals surface area contributed by atoms with Gasteiger partial charge in [0.1, 0.15) is 0 Å². The number of aliphatic hydroxyl groups excluding tert-OH is 1. The second-order valence-corrected chi connectivity index (χ2v) is 5.70. The Bertz CT molecular complexity index is 497. The first-order valence-electron chi connectivity index (χ1n) is 7.82. The quantitative estimate of drug-likeness (QED) is 0.906. The largest absolute Gasteiger partial charge is 0.427 e. The summed E-state index contributed by atoms with van der Waals surface area (Å²) in [4.78, 5) is 16.0. The van der Waals surface area contributed by atoms with Crippen molar-refractivity contribution < 1.29 is 14.6 Å². The molecule has 2 heterocycles. The van der Waals surface area contributed by atoms with Crippen LogP contribution in [0, 0.1) is 0 Å². The Labute approximate surface area is 130 Å². The molecule has 0 aromatic heterocycles. The fourth-order valence-corrected chi connectivity index (χ4v) is 3.06. The Kier molecular flexibility index (Phi) is 4.80. The molecule has 2 saturated heterocycles. The molecule has 1 N–H and O–H groups in total. The number of ether oxygens (including phenoxy) is 1. The van der Waals surface area contributed by atoms with E-state index in [-0.39, 0.29) is 18.7 Å². The maximum absolute atomic E-state index is 12.2. The number of piperazine rings is 1. The minimum atomic E-state index is -0.443. The van der Waals surface area contributed by atoms with Crippen molar-refractivity contribution in [1.29, 1.82) is 0 Å². The molecule has 1 radical (unpaired) electrons. The van der Waals surface area contributed by atoms with E-state index in [1.54, 1.807) is 4.90 Å². The van der Waals surface area contributed by atoms with E-state index in [1.165, 1.54) is 0 Å². The Hall–Kier alpha value is -1.79.